The van der Waals surface area contributed by atoms with Crippen molar-refractivity contribution in [3.05, 3.63) is 0 Å². The van der Waals surface area contributed by atoms with E-state index in [-0.39, 0.29) is 0 Å². The third kappa shape index (κ3) is 2.45. The fourth-order valence-corrected chi connectivity index (χ4v) is 1.84. The molecule has 14 heavy (non-hydrogen) atoms. The van der Waals surface area contributed by atoms with Crippen LogP contribution in [0.15, 0.2) is 4.99 Å². The van der Waals surface area contributed by atoms with E-state index in [0.29, 0.717) is 19.8 Å². The molecule has 2 heterocycles. The summed E-state index contributed by atoms with van der Waals surface area (Å²) in [6.45, 7) is 2.63. The zero-order chi connectivity index (χ0) is 9.86. The van der Waals surface area contributed by atoms with Gasteiger partial charge in [0.05, 0.1) is 12.4 Å². The normalized spacial score (nSPS) is 32.8. The van der Waals surface area contributed by atoms with E-state index in [0.717, 1.165) is 25.2 Å². The van der Waals surface area contributed by atoms with E-state index >= 15 is 0 Å². The lowest BCUT2D eigenvalue weighted by atomic mass is 10.0. The zero-order valence-corrected chi connectivity index (χ0v) is 8.46. The molecule has 0 aromatic heterocycles. The average Bonchev–Trinajstić information content (AvgIpc) is 2.65. The Kier molecular flexibility index (Phi) is 3.03. The first-order valence-corrected chi connectivity index (χ1v) is 5.36. The van der Waals surface area contributed by atoms with Gasteiger partial charge in [0.15, 0.2) is 0 Å². The Balaban J connectivity index is 1.78. The van der Waals surface area contributed by atoms with Crippen molar-refractivity contribution in [2.24, 2.45) is 4.99 Å². The molecule has 2 aliphatic heterocycles. The van der Waals surface area contributed by atoms with Gasteiger partial charge in [0.25, 0.3) is 0 Å². The Morgan fingerprint density at radius 1 is 1.50 bits per heavy atom. The van der Waals surface area contributed by atoms with Crippen molar-refractivity contribution >= 4 is 5.84 Å². The van der Waals surface area contributed by atoms with Crippen LogP contribution in [0.2, 0.25) is 0 Å². The highest BCUT2D eigenvalue weighted by Crippen LogP contribution is 2.17. The lowest BCUT2D eigenvalue weighted by Crippen LogP contribution is -2.43. The molecule has 1 fully saturated rings. The van der Waals surface area contributed by atoms with Crippen LogP contribution in [0.25, 0.3) is 0 Å². The summed E-state index contributed by atoms with van der Waals surface area (Å²) in [6.07, 6.45) is 4.16. The minimum absolute atomic E-state index is 0.452. The van der Waals surface area contributed by atoms with Gasteiger partial charge < -0.3 is 15.2 Å². The van der Waals surface area contributed by atoms with Crippen molar-refractivity contribution in [2.75, 3.05) is 26.3 Å². The molecular formula is C10H18N2O2. The molecule has 0 spiro atoms. The number of hydrogen-bond donors (Lipinski definition) is 2. The first-order chi connectivity index (χ1) is 6.79. The molecule has 0 saturated carbocycles. The van der Waals surface area contributed by atoms with Gasteiger partial charge in [-0.2, -0.15) is 0 Å². The molecule has 4 heteroatoms. The smallest absolute Gasteiger partial charge is 0.107 e. The molecular weight excluding hydrogens is 180 g/mol. The maximum atomic E-state index is 9.98. The number of hydrogen-bond acceptors (Lipinski definition) is 4. The first kappa shape index (κ1) is 9.93. The minimum atomic E-state index is -0.667. The van der Waals surface area contributed by atoms with E-state index in [4.69, 9.17) is 4.74 Å². The quantitative estimate of drug-likeness (QED) is 0.671. The van der Waals surface area contributed by atoms with Gasteiger partial charge in [-0.3, -0.25) is 4.99 Å². The number of aliphatic hydroxyl groups is 1. The molecule has 0 aliphatic carbocycles. The van der Waals surface area contributed by atoms with Crippen molar-refractivity contribution in [3.8, 4) is 0 Å². The van der Waals surface area contributed by atoms with Crippen LogP contribution in [0.3, 0.4) is 0 Å². The maximum Gasteiger partial charge on any atom is 0.107 e. The molecule has 80 valence electrons. The molecule has 2 N–H and O–H groups in total. The van der Waals surface area contributed by atoms with Crippen LogP contribution in [0.1, 0.15) is 25.7 Å². The fourth-order valence-electron chi connectivity index (χ4n) is 1.84. The molecule has 0 aromatic carbocycles. The SMILES string of the molecule is OC1(CNC2=NCCCC2)CCOC1. The number of nitrogens with zero attached hydrogens (tertiary/aromatic N) is 1. The Morgan fingerprint density at radius 3 is 3.07 bits per heavy atom. The zero-order valence-electron chi connectivity index (χ0n) is 8.46. The Morgan fingerprint density at radius 2 is 2.43 bits per heavy atom. The average molecular weight is 198 g/mol. The van der Waals surface area contributed by atoms with Gasteiger partial charge in [-0.15, -0.1) is 0 Å². The van der Waals surface area contributed by atoms with Crippen LogP contribution in [-0.4, -0.2) is 42.8 Å². The van der Waals surface area contributed by atoms with E-state index in [2.05, 4.69) is 10.3 Å². The van der Waals surface area contributed by atoms with E-state index in [1.165, 1.54) is 12.8 Å². The summed E-state index contributed by atoms with van der Waals surface area (Å²) in [7, 11) is 0. The van der Waals surface area contributed by atoms with Gasteiger partial charge in [-0.1, -0.05) is 0 Å². The van der Waals surface area contributed by atoms with E-state index in [1.54, 1.807) is 0 Å². The lowest BCUT2D eigenvalue weighted by Gasteiger charge is -2.23. The highest BCUT2D eigenvalue weighted by molar-refractivity contribution is 5.82. The van der Waals surface area contributed by atoms with Crippen LogP contribution < -0.4 is 5.32 Å². The van der Waals surface area contributed by atoms with Crippen molar-refractivity contribution in [2.45, 2.75) is 31.3 Å². The third-order valence-corrected chi connectivity index (χ3v) is 2.83. The molecule has 2 aliphatic rings. The largest absolute Gasteiger partial charge is 0.386 e. The number of nitrogens with one attached hydrogen (secondary N) is 1. The minimum Gasteiger partial charge on any atom is -0.386 e. The number of ether oxygens (including phenoxy) is 1. The summed E-state index contributed by atoms with van der Waals surface area (Å²) in [4.78, 5) is 4.38. The molecule has 1 unspecified atom stereocenters. The molecule has 0 amide bonds. The lowest BCUT2D eigenvalue weighted by molar-refractivity contribution is 0.0307. The molecule has 2 rings (SSSR count). The van der Waals surface area contributed by atoms with Gasteiger partial charge in [-0.25, -0.2) is 0 Å². The molecule has 4 nitrogen and oxygen atoms in total. The van der Waals surface area contributed by atoms with Gasteiger partial charge >= 0.3 is 0 Å². The van der Waals surface area contributed by atoms with Crippen LogP contribution >= 0.6 is 0 Å². The molecule has 0 aromatic rings. The number of amidine groups is 1. The second kappa shape index (κ2) is 4.28. The van der Waals surface area contributed by atoms with E-state index in [9.17, 15) is 5.11 Å². The molecule has 1 saturated heterocycles. The molecule has 0 bridgehead atoms. The van der Waals surface area contributed by atoms with E-state index < -0.39 is 5.60 Å². The highest BCUT2D eigenvalue weighted by atomic mass is 16.5. The number of aliphatic imine (C=N–C) groups is 1. The summed E-state index contributed by atoms with van der Waals surface area (Å²) in [5, 5.41) is 13.2. The highest BCUT2D eigenvalue weighted by Gasteiger charge is 2.32. The third-order valence-electron chi connectivity index (χ3n) is 2.83. The molecule has 0 radical (unpaired) electrons. The summed E-state index contributed by atoms with van der Waals surface area (Å²) >= 11 is 0. The van der Waals surface area contributed by atoms with Crippen LogP contribution in [0, 0.1) is 0 Å². The summed E-state index contributed by atoms with van der Waals surface area (Å²) in [6, 6.07) is 0. The van der Waals surface area contributed by atoms with Gasteiger partial charge in [0.1, 0.15) is 5.60 Å². The standard InChI is InChI=1S/C10H18N2O2/c13-10(4-6-14-8-10)7-12-9-3-1-2-5-11-9/h13H,1-8H2,(H,11,12). The predicted octanol–water partition coefficient (Wildman–Crippen LogP) is 0.310. The maximum absolute atomic E-state index is 9.98. The van der Waals surface area contributed by atoms with Crippen molar-refractivity contribution in [3.63, 3.8) is 0 Å². The second-order valence-electron chi connectivity index (χ2n) is 4.17. The number of rotatable bonds is 2. The predicted molar refractivity (Wildman–Crippen MR) is 54.5 cm³/mol. The summed E-state index contributed by atoms with van der Waals surface area (Å²) in [5.41, 5.74) is -0.667. The van der Waals surface area contributed by atoms with Gasteiger partial charge in [0, 0.05) is 32.5 Å². The monoisotopic (exact) mass is 198 g/mol. The van der Waals surface area contributed by atoms with Gasteiger partial charge in [-0.05, 0) is 12.8 Å². The second-order valence-corrected chi connectivity index (χ2v) is 4.17. The van der Waals surface area contributed by atoms with Crippen molar-refractivity contribution < 1.29 is 9.84 Å². The van der Waals surface area contributed by atoms with E-state index in [1.807, 2.05) is 0 Å². The summed E-state index contributed by atoms with van der Waals surface area (Å²) < 4.78 is 5.17. The molecule has 1 atom stereocenters. The topological polar surface area (TPSA) is 53.8 Å². The summed E-state index contributed by atoms with van der Waals surface area (Å²) in [5.74, 6) is 1.05. The van der Waals surface area contributed by atoms with Crippen LogP contribution in [0.5, 0.6) is 0 Å². The Hall–Kier alpha value is -0.610. The van der Waals surface area contributed by atoms with Crippen molar-refractivity contribution in [1.82, 2.24) is 5.32 Å². The van der Waals surface area contributed by atoms with Crippen molar-refractivity contribution in [1.29, 1.82) is 0 Å². The fraction of sp³-hybridized carbons (Fsp3) is 0.900. The van der Waals surface area contributed by atoms with Crippen LogP contribution in [-0.2, 0) is 4.74 Å². The van der Waals surface area contributed by atoms with Crippen LogP contribution in [0.4, 0.5) is 0 Å². The first-order valence-electron chi connectivity index (χ1n) is 5.36. The Labute approximate surface area is 84.4 Å². The van der Waals surface area contributed by atoms with Gasteiger partial charge in [0.2, 0.25) is 0 Å². The Bertz CT molecular complexity index is 222.